The van der Waals surface area contributed by atoms with Crippen LogP contribution in [0.4, 0.5) is 0 Å². The van der Waals surface area contributed by atoms with E-state index in [4.69, 9.17) is 37.0 Å². The normalized spacial score (nSPS) is 14.2. The van der Waals surface area contributed by atoms with Crippen LogP contribution in [-0.2, 0) is 65.4 Å². The van der Waals surface area contributed by atoms with Crippen molar-refractivity contribution in [2.24, 2.45) is 23.7 Å². The number of hydrogen-bond donors (Lipinski definition) is 3. The molecule has 17 nitrogen and oxygen atoms in total. The molecule has 0 saturated heterocycles. The number of carbonyl (C=O) groups excluding carboxylic acids is 4. The van der Waals surface area contributed by atoms with E-state index in [0.717, 1.165) is 114 Å². The van der Waals surface area contributed by atoms with Crippen molar-refractivity contribution < 1.29 is 80.2 Å². The molecule has 0 rings (SSSR count). The zero-order chi connectivity index (χ0) is 68.9. The number of carbonyl (C=O) groups is 4. The first-order valence-corrected chi connectivity index (χ1v) is 41.2. The van der Waals surface area contributed by atoms with Crippen molar-refractivity contribution in [3.05, 3.63) is 0 Å². The van der Waals surface area contributed by atoms with E-state index in [1.165, 1.54) is 173 Å². The average Bonchev–Trinajstić information content (AvgIpc) is 2.34. The summed E-state index contributed by atoms with van der Waals surface area (Å²) < 4.78 is 68.4. The van der Waals surface area contributed by atoms with Gasteiger partial charge in [0.15, 0.2) is 12.2 Å². The average molecular weight is 1370 g/mol. The maximum absolute atomic E-state index is 13.0. The topological polar surface area (TPSA) is 237 Å². The van der Waals surface area contributed by atoms with Crippen LogP contribution in [0.15, 0.2) is 0 Å². The van der Waals surface area contributed by atoms with Crippen molar-refractivity contribution >= 4 is 39.5 Å². The third kappa shape index (κ3) is 68.4. The molecule has 0 bridgehead atoms. The number of phosphoric acid groups is 2. The zero-order valence-electron chi connectivity index (χ0n) is 60.9. The van der Waals surface area contributed by atoms with Gasteiger partial charge in [-0.1, -0.05) is 319 Å². The van der Waals surface area contributed by atoms with Crippen LogP contribution in [0.5, 0.6) is 0 Å². The number of rotatable bonds is 71. The summed E-state index contributed by atoms with van der Waals surface area (Å²) in [6.45, 7) is 14.1. The van der Waals surface area contributed by atoms with Gasteiger partial charge in [0, 0.05) is 25.7 Å². The molecule has 19 heteroatoms. The van der Waals surface area contributed by atoms with Crippen LogP contribution in [0, 0.1) is 23.7 Å². The number of hydrogen-bond acceptors (Lipinski definition) is 15. The molecule has 93 heavy (non-hydrogen) atoms. The van der Waals surface area contributed by atoms with Crippen LogP contribution >= 0.6 is 15.6 Å². The summed E-state index contributed by atoms with van der Waals surface area (Å²) in [6.07, 6.45) is 47.3. The van der Waals surface area contributed by atoms with Gasteiger partial charge >= 0.3 is 39.5 Å². The minimum atomic E-state index is -4.96. The molecule has 0 aromatic rings. The molecular formula is C74H144O17P2. The molecule has 0 aromatic heterocycles. The van der Waals surface area contributed by atoms with Gasteiger partial charge in [-0.25, -0.2) is 9.13 Å². The standard InChI is InChI=1S/C74H144O17P2/c1-64(2)50-42-34-26-18-14-12-10-9-11-13-15-20-30-38-46-54-71(76)84-60-70(91-74(79)57-49-41-33-25-23-29-37-45-53-67(7)8)63-89-93(82,83)87-59-68(75)58-86-92(80,81)88-62-69(61-85-72(77)55-47-39-31-24-22-28-36-44-52-66(5)6)90-73(78)56-48-40-32-21-17-16-19-27-35-43-51-65(3)4/h64-70,75H,9-63H2,1-8H3,(H,80,81)(H,82,83)/t68?,69-,70-/m1/s1. The Balaban J connectivity index is 5.22. The summed E-state index contributed by atoms with van der Waals surface area (Å²) in [5.74, 6) is 0.877. The van der Waals surface area contributed by atoms with E-state index in [2.05, 4.69) is 55.4 Å². The van der Waals surface area contributed by atoms with E-state index < -0.39 is 97.5 Å². The molecular weight excluding hydrogens is 1220 g/mol. The number of aliphatic hydroxyl groups excluding tert-OH is 1. The van der Waals surface area contributed by atoms with Crippen molar-refractivity contribution in [3.63, 3.8) is 0 Å². The van der Waals surface area contributed by atoms with Crippen molar-refractivity contribution in [2.45, 2.75) is 388 Å². The van der Waals surface area contributed by atoms with E-state index in [-0.39, 0.29) is 25.7 Å². The Hall–Kier alpha value is -1.94. The van der Waals surface area contributed by atoms with Crippen molar-refractivity contribution in [3.8, 4) is 0 Å². The molecule has 0 spiro atoms. The summed E-state index contributed by atoms with van der Waals surface area (Å²) in [4.78, 5) is 72.7. The summed E-state index contributed by atoms with van der Waals surface area (Å²) in [5.41, 5.74) is 0. The largest absolute Gasteiger partial charge is 0.472 e. The molecule has 3 unspecified atom stereocenters. The van der Waals surface area contributed by atoms with Crippen molar-refractivity contribution in [1.82, 2.24) is 0 Å². The number of unbranched alkanes of at least 4 members (excludes halogenated alkanes) is 37. The second kappa shape index (κ2) is 63.5. The predicted octanol–water partition coefficient (Wildman–Crippen LogP) is 21.3. The summed E-state index contributed by atoms with van der Waals surface area (Å²) in [5, 5.41) is 10.6. The second-order valence-corrected chi connectivity index (χ2v) is 31.5. The monoisotopic (exact) mass is 1370 g/mol. The molecule has 552 valence electrons. The van der Waals surface area contributed by atoms with Gasteiger partial charge in [-0.05, 0) is 49.4 Å². The minimum absolute atomic E-state index is 0.104. The van der Waals surface area contributed by atoms with Gasteiger partial charge in [-0.15, -0.1) is 0 Å². The minimum Gasteiger partial charge on any atom is -0.462 e. The maximum atomic E-state index is 13.0. The predicted molar refractivity (Wildman–Crippen MR) is 377 cm³/mol. The van der Waals surface area contributed by atoms with Gasteiger partial charge in [0.1, 0.15) is 19.3 Å². The molecule has 0 heterocycles. The summed E-state index contributed by atoms with van der Waals surface area (Å²) in [6, 6.07) is 0. The Morgan fingerprint density at radius 2 is 0.452 bits per heavy atom. The van der Waals surface area contributed by atoms with Gasteiger partial charge in [-0.3, -0.25) is 37.3 Å². The number of phosphoric ester groups is 2. The lowest BCUT2D eigenvalue weighted by Crippen LogP contribution is -2.30. The highest BCUT2D eigenvalue weighted by Gasteiger charge is 2.30. The van der Waals surface area contributed by atoms with Crippen LogP contribution in [0.25, 0.3) is 0 Å². The van der Waals surface area contributed by atoms with Gasteiger partial charge in [-0.2, -0.15) is 0 Å². The third-order valence-electron chi connectivity index (χ3n) is 17.1. The number of esters is 4. The highest BCUT2D eigenvalue weighted by atomic mass is 31.2. The first-order valence-electron chi connectivity index (χ1n) is 38.2. The van der Waals surface area contributed by atoms with Gasteiger partial charge < -0.3 is 33.8 Å². The Bertz CT molecular complexity index is 1830. The van der Waals surface area contributed by atoms with E-state index in [1.54, 1.807) is 0 Å². The van der Waals surface area contributed by atoms with Crippen LogP contribution < -0.4 is 0 Å². The Morgan fingerprint density at radius 1 is 0.269 bits per heavy atom. The van der Waals surface area contributed by atoms with E-state index in [0.29, 0.717) is 25.7 Å². The Labute approximate surface area is 568 Å². The van der Waals surface area contributed by atoms with Crippen molar-refractivity contribution in [1.29, 1.82) is 0 Å². The maximum Gasteiger partial charge on any atom is 0.472 e. The molecule has 0 fully saturated rings. The third-order valence-corrected chi connectivity index (χ3v) is 19.0. The number of ether oxygens (including phenoxy) is 4. The molecule has 0 saturated carbocycles. The van der Waals surface area contributed by atoms with Crippen LogP contribution in [0.3, 0.4) is 0 Å². The lowest BCUT2D eigenvalue weighted by atomic mass is 10.0. The van der Waals surface area contributed by atoms with Gasteiger partial charge in [0.05, 0.1) is 26.4 Å². The molecule has 0 aromatic carbocycles. The SMILES string of the molecule is CC(C)CCCCCCCCCCCCCCCCCC(=O)OC[C@H](COP(=O)(O)OCC(O)COP(=O)(O)OC[C@@H](COC(=O)CCCCCCCCCCC(C)C)OC(=O)CCCCCCCCCCCCC(C)C)OC(=O)CCCCCCCCCCC(C)C. The van der Waals surface area contributed by atoms with E-state index in [9.17, 15) is 43.2 Å². The quantitative estimate of drug-likeness (QED) is 0.0222. The van der Waals surface area contributed by atoms with E-state index >= 15 is 0 Å². The molecule has 3 N–H and O–H groups in total. The van der Waals surface area contributed by atoms with Crippen LogP contribution in [-0.4, -0.2) is 96.7 Å². The van der Waals surface area contributed by atoms with Crippen LogP contribution in [0.2, 0.25) is 0 Å². The molecule has 0 aliphatic carbocycles. The first-order chi connectivity index (χ1) is 44.6. The summed E-state index contributed by atoms with van der Waals surface area (Å²) in [7, 11) is -9.91. The molecule has 0 aliphatic heterocycles. The Morgan fingerprint density at radius 3 is 0.667 bits per heavy atom. The lowest BCUT2D eigenvalue weighted by Gasteiger charge is -2.21. The Kier molecular flexibility index (Phi) is 62.2. The smallest absolute Gasteiger partial charge is 0.462 e. The highest BCUT2D eigenvalue weighted by molar-refractivity contribution is 7.47. The fourth-order valence-corrected chi connectivity index (χ4v) is 12.8. The fourth-order valence-electron chi connectivity index (χ4n) is 11.2. The highest BCUT2D eigenvalue weighted by Crippen LogP contribution is 2.45. The first kappa shape index (κ1) is 91.1. The number of aliphatic hydroxyl groups is 1. The lowest BCUT2D eigenvalue weighted by molar-refractivity contribution is -0.161. The molecule has 0 aliphatic rings. The summed E-state index contributed by atoms with van der Waals surface area (Å²) >= 11 is 0. The van der Waals surface area contributed by atoms with Gasteiger partial charge in [0.25, 0.3) is 0 Å². The van der Waals surface area contributed by atoms with Crippen molar-refractivity contribution in [2.75, 3.05) is 39.6 Å². The van der Waals surface area contributed by atoms with Gasteiger partial charge in [0.2, 0.25) is 0 Å². The van der Waals surface area contributed by atoms with E-state index in [1.807, 2.05) is 0 Å². The fraction of sp³-hybridized carbons (Fsp3) is 0.946. The molecule has 0 amide bonds. The second-order valence-electron chi connectivity index (χ2n) is 28.6. The van der Waals surface area contributed by atoms with Crippen LogP contribution in [0.1, 0.15) is 370 Å². The zero-order valence-corrected chi connectivity index (χ0v) is 62.7. The molecule has 0 radical (unpaired) electrons. The molecule has 5 atom stereocenters.